The molecule has 0 radical (unpaired) electrons. The largest absolute Gasteiger partial charge is 0.369 e. The van der Waals surface area contributed by atoms with Crippen molar-refractivity contribution in [1.29, 1.82) is 0 Å². The summed E-state index contributed by atoms with van der Waals surface area (Å²) in [5.41, 5.74) is 1.31. The first-order chi connectivity index (χ1) is 14.7. The molecule has 7 heteroatoms. The maximum atomic E-state index is 12.3. The van der Waals surface area contributed by atoms with Gasteiger partial charge in [0.15, 0.2) is 0 Å². The first-order valence-corrected chi connectivity index (χ1v) is 11.7. The second-order valence-electron chi connectivity index (χ2n) is 8.05. The van der Waals surface area contributed by atoms with Gasteiger partial charge in [-0.3, -0.25) is 14.5 Å². The predicted octanol–water partition coefficient (Wildman–Crippen LogP) is 3.43. The Labute approximate surface area is 182 Å². The molecule has 0 bridgehead atoms. The Morgan fingerprint density at radius 3 is 2.47 bits per heavy atom. The maximum absolute atomic E-state index is 12.3. The predicted molar refractivity (Wildman–Crippen MR) is 122 cm³/mol. The summed E-state index contributed by atoms with van der Waals surface area (Å²) in [4.78, 5) is 29.7. The van der Waals surface area contributed by atoms with Gasteiger partial charge in [0, 0.05) is 44.3 Å². The Morgan fingerprint density at radius 1 is 0.967 bits per heavy atom. The molecule has 2 aromatic rings. The molecule has 30 heavy (non-hydrogen) atoms. The van der Waals surface area contributed by atoms with Gasteiger partial charge in [0.05, 0.1) is 9.88 Å². The van der Waals surface area contributed by atoms with E-state index in [-0.39, 0.29) is 17.7 Å². The molecule has 160 valence electrons. The number of nitrogens with zero attached hydrogens (tertiary/aromatic N) is 2. The maximum Gasteiger partial charge on any atom is 0.261 e. The van der Waals surface area contributed by atoms with Crippen molar-refractivity contribution in [2.75, 3.05) is 49.5 Å². The Bertz CT molecular complexity index is 842. The smallest absolute Gasteiger partial charge is 0.261 e. The lowest BCUT2D eigenvalue weighted by Crippen LogP contribution is -2.46. The number of anilines is 2. The molecular weight excluding hydrogens is 396 g/mol. The van der Waals surface area contributed by atoms with E-state index in [2.05, 4.69) is 50.8 Å². The number of nitrogens with one attached hydrogen (secondary N) is 2. The third-order valence-electron chi connectivity index (χ3n) is 5.70. The average molecular weight is 427 g/mol. The van der Waals surface area contributed by atoms with Crippen LogP contribution >= 0.6 is 11.3 Å². The molecule has 2 amide bonds. The van der Waals surface area contributed by atoms with Crippen LogP contribution in [0.3, 0.4) is 0 Å². The summed E-state index contributed by atoms with van der Waals surface area (Å²) in [6, 6.07) is 14.2. The molecule has 6 nitrogen and oxygen atoms in total. The normalized spacial score (nSPS) is 17.0. The lowest BCUT2D eigenvalue weighted by atomic mass is 10.2. The van der Waals surface area contributed by atoms with E-state index in [0.29, 0.717) is 11.4 Å². The standard InChI is InChI=1S/C23H30N4O2S/c28-22(18-8-9-18)25-21-11-10-20(30-21)23(29)24-12-4-5-13-26-14-16-27(17-15-26)19-6-2-1-3-7-19/h1-3,6-7,10-11,18H,4-5,8-9,12-17H2,(H,24,29)(H,25,28). The molecule has 1 aromatic heterocycles. The van der Waals surface area contributed by atoms with Gasteiger partial charge >= 0.3 is 0 Å². The van der Waals surface area contributed by atoms with Crippen LogP contribution in [0.5, 0.6) is 0 Å². The van der Waals surface area contributed by atoms with Gasteiger partial charge in [-0.2, -0.15) is 0 Å². The molecule has 1 aliphatic heterocycles. The summed E-state index contributed by atoms with van der Waals surface area (Å²) in [5.74, 6) is 0.197. The van der Waals surface area contributed by atoms with Gasteiger partial charge in [0.2, 0.25) is 5.91 Å². The molecule has 2 fully saturated rings. The van der Waals surface area contributed by atoms with Gasteiger partial charge in [-0.05, 0) is 56.5 Å². The summed E-state index contributed by atoms with van der Waals surface area (Å²) in [5, 5.41) is 6.65. The fourth-order valence-electron chi connectivity index (χ4n) is 3.71. The minimum Gasteiger partial charge on any atom is -0.369 e. The van der Waals surface area contributed by atoms with Crippen molar-refractivity contribution in [3.63, 3.8) is 0 Å². The Hall–Kier alpha value is -2.38. The fourth-order valence-corrected chi connectivity index (χ4v) is 4.54. The fraction of sp³-hybridized carbons (Fsp3) is 0.478. The number of hydrogen-bond donors (Lipinski definition) is 2. The van der Waals surface area contributed by atoms with Gasteiger partial charge in [-0.25, -0.2) is 0 Å². The first kappa shape index (κ1) is 20.9. The molecule has 2 aliphatic rings. The van der Waals surface area contributed by atoms with Crippen molar-refractivity contribution in [1.82, 2.24) is 10.2 Å². The Balaban J connectivity index is 1.09. The van der Waals surface area contributed by atoms with Crippen LogP contribution in [0.1, 0.15) is 35.4 Å². The summed E-state index contributed by atoms with van der Waals surface area (Å²) < 4.78 is 0. The van der Waals surface area contributed by atoms with Crippen molar-refractivity contribution in [2.24, 2.45) is 5.92 Å². The Morgan fingerprint density at radius 2 is 1.73 bits per heavy atom. The minimum absolute atomic E-state index is 0.0524. The highest BCUT2D eigenvalue weighted by Gasteiger charge is 2.29. The molecule has 1 saturated carbocycles. The number of thiophene rings is 1. The molecule has 1 saturated heterocycles. The average Bonchev–Trinajstić information content (AvgIpc) is 3.54. The third-order valence-corrected chi connectivity index (χ3v) is 6.70. The molecule has 0 spiro atoms. The van der Waals surface area contributed by atoms with Gasteiger partial charge in [0.1, 0.15) is 0 Å². The van der Waals surface area contributed by atoms with E-state index in [1.165, 1.54) is 17.0 Å². The molecule has 2 heterocycles. The summed E-state index contributed by atoms with van der Waals surface area (Å²) in [6.45, 7) is 6.08. The van der Waals surface area contributed by atoms with Gasteiger partial charge in [-0.15, -0.1) is 11.3 Å². The van der Waals surface area contributed by atoms with Crippen molar-refractivity contribution in [3.05, 3.63) is 47.3 Å². The number of piperazine rings is 1. The zero-order valence-corrected chi connectivity index (χ0v) is 18.1. The highest BCUT2D eigenvalue weighted by atomic mass is 32.1. The second kappa shape index (κ2) is 10.1. The Kier molecular flexibility index (Phi) is 7.02. The van der Waals surface area contributed by atoms with Crippen LogP contribution in [0.15, 0.2) is 42.5 Å². The topological polar surface area (TPSA) is 64.7 Å². The SMILES string of the molecule is O=C(NCCCCN1CCN(c2ccccc2)CC1)c1ccc(NC(=O)C2CC2)s1. The van der Waals surface area contributed by atoms with Gasteiger partial charge in [0.25, 0.3) is 5.91 Å². The number of benzene rings is 1. The van der Waals surface area contributed by atoms with E-state index >= 15 is 0 Å². The molecule has 2 N–H and O–H groups in total. The van der Waals surface area contributed by atoms with E-state index in [4.69, 9.17) is 0 Å². The van der Waals surface area contributed by atoms with E-state index in [9.17, 15) is 9.59 Å². The number of unbranched alkanes of at least 4 members (excludes halogenated alkanes) is 1. The van der Waals surface area contributed by atoms with Gasteiger partial charge < -0.3 is 15.5 Å². The van der Waals surface area contributed by atoms with Crippen LogP contribution in [0, 0.1) is 5.92 Å². The third kappa shape index (κ3) is 5.83. The summed E-state index contributed by atoms with van der Waals surface area (Å²) in [7, 11) is 0. The zero-order valence-electron chi connectivity index (χ0n) is 17.3. The highest BCUT2D eigenvalue weighted by molar-refractivity contribution is 7.18. The number of carbonyl (C=O) groups is 2. The number of para-hydroxylation sites is 1. The summed E-state index contributed by atoms with van der Waals surface area (Å²) >= 11 is 1.34. The van der Waals surface area contributed by atoms with Crippen LogP contribution in [0.2, 0.25) is 0 Å². The zero-order chi connectivity index (χ0) is 20.8. The minimum atomic E-state index is -0.0524. The van der Waals surface area contributed by atoms with Crippen LogP contribution in [0.4, 0.5) is 10.7 Å². The van der Waals surface area contributed by atoms with Crippen molar-refractivity contribution >= 4 is 33.8 Å². The summed E-state index contributed by atoms with van der Waals surface area (Å²) in [6.07, 6.45) is 4.01. The van der Waals surface area contributed by atoms with Crippen LogP contribution in [0.25, 0.3) is 0 Å². The number of carbonyl (C=O) groups excluding carboxylic acids is 2. The molecular formula is C23H30N4O2S. The number of hydrogen-bond acceptors (Lipinski definition) is 5. The van der Waals surface area contributed by atoms with Crippen LogP contribution < -0.4 is 15.5 Å². The lowest BCUT2D eigenvalue weighted by molar-refractivity contribution is -0.117. The van der Waals surface area contributed by atoms with E-state index < -0.39 is 0 Å². The highest BCUT2D eigenvalue weighted by Crippen LogP contribution is 2.31. The van der Waals surface area contributed by atoms with Crippen molar-refractivity contribution in [3.8, 4) is 0 Å². The van der Waals surface area contributed by atoms with E-state index in [1.54, 1.807) is 6.07 Å². The molecule has 1 aliphatic carbocycles. The lowest BCUT2D eigenvalue weighted by Gasteiger charge is -2.36. The molecule has 1 aromatic carbocycles. The first-order valence-electron chi connectivity index (χ1n) is 10.9. The molecule has 0 atom stereocenters. The second-order valence-corrected chi connectivity index (χ2v) is 9.14. The van der Waals surface area contributed by atoms with E-state index in [1.807, 2.05) is 6.07 Å². The van der Waals surface area contributed by atoms with Crippen molar-refractivity contribution < 1.29 is 9.59 Å². The van der Waals surface area contributed by atoms with Gasteiger partial charge in [-0.1, -0.05) is 18.2 Å². The van der Waals surface area contributed by atoms with Crippen molar-refractivity contribution in [2.45, 2.75) is 25.7 Å². The monoisotopic (exact) mass is 426 g/mol. The quantitative estimate of drug-likeness (QED) is 0.603. The molecule has 0 unspecified atom stereocenters. The van der Waals surface area contributed by atoms with E-state index in [0.717, 1.165) is 63.4 Å². The van der Waals surface area contributed by atoms with Crippen LogP contribution in [-0.4, -0.2) is 56.0 Å². The van der Waals surface area contributed by atoms with Crippen LogP contribution in [-0.2, 0) is 4.79 Å². The number of amides is 2. The molecule has 4 rings (SSSR count). The number of rotatable bonds is 9.